The zero-order valence-corrected chi connectivity index (χ0v) is 10.8. The minimum Gasteiger partial charge on any atom is -0.358 e. The molecule has 1 saturated heterocycles. The maximum atomic E-state index is 12.1. The molecule has 0 aliphatic carbocycles. The number of fused-ring (bicyclic) bond motifs is 1. The lowest BCUT2D eigenvalue weighted by Gasteiger charge is -2.28. The van der Waals surface area contributed by atoms with Crippen molar-refractivity contribution in [2.24, 2.45) is 0 Å². The van der Waals surface area contributed by atoms with Crippen LogP contribution in [0, 0.1) is 0 Å². The van der Waals surface area contributed by atoms with E-state index in [0.29, 0.717) is 10.4 Å². The number of pyridine rings is 1. The molecule has 94 valence electrons. The molecule has 0 spiro atoms. The van der Waals surface area contributed by atoms with Crippen LogP contribution < -0.4 is 10.3 Å². The van der Waals surface area contributed by atoms with Gasteiger partial charge in [-0.15, -0.1) is 0 Å². The number of nitrogens with zero attached hydrogens (tertiary/aromatic N) is 1. The number of nitrogens with one attached hydrogen (secondary N) is 1. The van der Waals surface area contributed by atoms with E-state index < -0.39 is 0 Å². The third-order valence-electron chi connectivity index (χ3n) is 3.47. The van der Waals surface area contributed by atoms with Crippen molar-refractivity contribution in [2.75, 3.05) is 18.0 Å². The number of piperidine rings is 1. The van der Waals surface area contributed by atoms with Gasteiger partial charge in [-0.2, -0.15) is 0 Å². The first-order chi connectivity index (χ1) is 8.74. The predicted octanol–water partition coefficient (Wildman–Crippen LogP) is 3.17. The van der Waals surface area contributed by atoms with Gasteiger partial charge in [0.15, 0.2) is 5.43 Å². The van der Waals surface area contributed by atoms with E-state index >= 15 is 0 Å². The van der Waals surface area contributed by atoms with Crippen molar-refractivity contribution in [3.8, 4) is 0 Å². The second-order valence-corrected chi connectivity index (χ2v) is 5.19. The topological polar surface area (TPSA) is 36.1 Å². The molecule has 4 heteroatoms. The Labute approximate surface area is 110 Å². The van der Waals surface area contributed by atoms with Crippen LogP contribution in [-0.2, 0) is 0 Å². The zero-order chi connectivity index (χ0) is 12.5. The molecule has 0 amide bonds. The van der Waals surface area contributed by atoms with E-state index in [2.05, 4.69) is 9.88 Å². The molecule has 2 aromatic rings. The molecule has 1 aromatic carbocycles. The lowest BCUT2D eigenvalue weighted by Crippen LogP contribution is -2.30. The first-order valence-corrected chi connectivity index (χ1v) is 6.69. The summed E-state index contributed by atoms with van der Waals surface area (Å²) in [5.74, 6) is 0.925. The molecule has 0 atom stereocenters. The number of anilines is 1. The van der Waals surface area contributed by atoms with Crippen LogP contribution in [-0.4, -0.2) is 18.1 Å². The van der Waals surface area contributed by atoms with Gasteiger partial charge in [-0.1, -0.05) is 11.6 Å². The standard InChI is InChI=1S/C14H15ClN2O/c15-10-4-5-12-11(8-10)13(18)9-14(16-12)17-6-2-1-3-7-17/h4-5,8-9H,1-3,6-7H2,(H,16,18). The van der Waals surface area contributed by atoms with Crippen LogP contribution >= 0.6 is 11.6 Å². The van der Waals surface area contributed by atoms with Crippen LogP contribution in [0.15, 0.2) is 29.1 Å². The van der Waals surface area contributed by atoms with Gasteiger partial charge in [0.1, 0.15) is 5.82 Å². The monoisotopic (exact) mass is 262 g/mol. The maximum absolute atomic E-state index is 12.1. The molecule has 1 aliphatic rings. The Morgan fingerprint density at radius 2 is 1.89 bits per heavy atom. The van der Waals surface area contributed by atoms with Crippen LogP contribution in [0.25, 0.3) is 10.9 Å². The molecule has 18 heavy (non-hydrogen) atoms. The minimum absolute atomic E-state index is 0.0341. The molecule has 1 aromatic heterocycles. The van der Waals surface area contributed by atoms with E-state index in [0.717, 1.165) is 24.4 Å². The summed E-state index contributed by atoms with van der Waals surface area (Å²) in [6, 6.07) is 7.08. The number of H-pyrrole nitrogens is 1. The fourth-order valence-corrected chi connectivity index (χ4v) is 2.68. The van der Waals surface area contributed by atoms with Crippen molar-refractivity contribution in [3.63, 3.8) is 0 Å². The Morgan fingerprint density at radius 1 is 1.11 bits per heavy atom. The Hall–Kier alpha value is -1.48. The van der Waals surface area contributed by atoms with E-state index in [1.54, 1.807) is 18.2 Å². The quantitative estimate of drug-likeness (QED) is 0.857. The third kappa shape index (κ3) is 2.10. The van der Waals surface area contributed by atoms with E-state index in [1.807, 2.05) is 6.07 Å². The van der Waals surface area contributed by atoms with Gasteiger partial charge in [-0.25, -0.2) is 0 Å². The summed E-state index contributed by atoms with van der Waals surface area (Å²) < 4.78 is 0. The van der Waals surface area contributed by atoms with Gasteiger partial charge in [0.05, 0.1) is 5.52 Å². The number of rotatable bonds is 1. The van der Waals surface area contributed by atoms with Crippen LogP contribution in [0.5, 0.6) is 0 Å². The van der Waals surface area contributed by atoms with Crippen molar-refractivity contribution < 1.29 is 0 Å². The first kappa shape index (κ1) is 11.6. The van der Waals surface area contributed by atoms with E-state index in [1.165, 1.54) is 19.3 Å². The average molecular weight is 263 g/mol. The van der Waals surface area contributed by atoms with Crippen molar-refractivity contribution in [1.82, 2.24) is 4.98 Å². The molecule has 0 bridgehead atoms. The Bertz CT molecular complexity index is 629. The lowest BCUT2D eigenvalue weighted by atomic mass is 10.1. The summed E-state index contributed by atoms with van der Waals surface area (Å²) in [6.07, 6.45) is 3.67. The molecule has 2 heterocycles. The van der Waals surface area contributed by atoms with Gasteiger partial charge in [-0.3, -0.25) is 4.79 Å². The van der Waals surface area contributed by atoms with Crippen LogP contribution in [0.1, 0.15) is 19.3 Å². The number of hydrogen-bond donors (Lipinski definition) is 1. The zero-order valence-electron chi connectivity index (χ0n) is 10.1. The highest BCUT2D eigenvalue weighted by Crippen LogP contribution is 2.20. The van der Waals surface area contributed by atoms with Gasteiger partial charge in [0, 0.05) is 29.6 Å². The summed E-state index contributed by atoms with van der Waals surface area (Å²) >= 11 is 5.92. The average Bonchev–Trinajstić information content (AvgIpc) is 2.40. The molecule has 0 radical (unpaired) electrons. The van der Waals surface area contributed by atoms with E-state index in [-0.39, 0.29) is 5.43 Å². The summed E-state index contributed by atoms with van der Waals surface area (Å²) in [4.78, 5) is 17.7. The molecule has 0 saturated carbocycles. The second-order valence-electron chi connectivity index (χ2n) is 4.76. The van der Waals surface area contributed by atoms with Crippen LogP contribution in [0.2, 0.25) is 5.02 Å². The summed E-state index contributed by atoms with van der Waals surface area (Å²) in [5, 5.41) is 1.25. The van der Waals surface area contributed by atoms with Crippen molar-refractivity contribution >= 4 is 28.3 Å². The van der Waals surface area contributed by atoms with Gasteiger partial charge >= 0.3 is 0 Å². The third-order valence-corrected chi connectivity index (χ3v) is 3.71. The van der Waals surface area contributed by atoms with Gasteiger partial charge < -0.3 is 9.88 Å². The summed E-state index contributed by atoms with van der Waals surface area (Å²) in [6.45, 7) is 2.05. The Balaban J connectivity index is 2.09. The molecule has 1 fully saturated rings. The number of hydrogen-bond acceptors (Lipinski definition) is 2. The van der Waals surface area contributed by atoms with Gasteiger partial charge in [0.25, 0.3) is 0 Å². The predicted molar refractivity (Wildman–Crippen MR) is 75.6 cm³/mol. The molecule has 3 rings (SSSR count). The highest BCUT2D eigenvalue weighted by Gasteiger charge is 2.13. The van der Waals surface area contributed by atoms with E-state index in [4.69, 9.17) is 11.6 Å². The number of benzene rings is 1. The van der Waals surface area contributed by atoms with Crippen molar-refractivity contribution in [1.29, 1.82) is 0 Å². The van der Waals surface area contributed by atoms with Crippen LogP contribution in [0.3, 0.4) is 0 Å². The normalized spacial score (nSPS) is 16.2. The molecular formula is C14H15ClN2O. The molecule has 1 N–H and O–H groups in total. The number of aromatic nitrogens is 1. The molecular weight excluding hydrogens is 248 g/mol. The fourth-order valence-electron chi connectivity index (χ4n) is 2.51. The van der Waals surface area contributed by atoms with Gasteiger partial charge in [0.2, 0.25) is 0 Å². The van der Waals surface area contributed by atoms with Crippen molar-refractivity contribution in [2.45, 2.75) is 19.3 Å². The highest BCUT2D eigenvalue weighted by molar-refractivity contribution is 6.31. The number of aromatic amines is 1. The maximum Gasteiger partial charge on any atom is 0.191 e. The second kappa shape index (κ2) is 4.65. The molecule has 1 aliphatic heterocycles. The minimum atomic E-state index is 0.0341. The first-order valence-electron chi connectivity index (χ1n) is 6.31. The Kier molecular flexibility index (Phi) is 3.00. The SMILES string of the molecule is O=c1cc(N2CCCCC2)[nH]c2ccc(Cl)cc12. The van der Waals surface area contributed by atoms with Gasteiger partial charge in [-0.05, 0) is 37.5 Å². The molecule has 3 nitrogen and oxygen atoms in total. The smallest absolute Gasteiger partial charge is 0.191 e. The fraction of sp³-hybridized carbons (Fsp3) is 0.357. The Morgan fingerprint density at radius 3 is 2.67 bits per heavy atom. The largest absolute Gasteiger partial charge is 0.358 e. The highest BCUT2D eigenvalue weighted by atomic mass is 35.5. The summed E-state index contributed by atoms with van der Waals surface area (Å²) in [5.41, 5.74) is 0.888. The van der Waals surface area contributed by atoms with Crippen LogP contribution in [0.4, 0.5) is 5.82 Å². The van der Waals surface area contributed by atoms with E-state index in [9.17, 15) is 4.79 Å². The van der Waals surface area contributed by atoms with Crippen molar-refractivity contribution in [3.05, 3.63) is 39.5 Å². The summed E-state index contributed by atoms with van der Waals surface area (Å²) in [7, 11) is 0. The number of halogens is 1. The lowest BCUT2D eigenvalue weighted by molar-refractivity contribution is 0.574. The molecule has 0 unspecified atom stereocenters.